The van der Waals surface area contributed by atoms with Crippen molar-refractivity contribution in [3.8, 4) is 17.1 Å². The van der Waals surface area contributed by atoms with Crippen LogP contribution >= 0.6 is 23.8 Å². The molecule has 1 saturated heterocycles. The lowest BCUT2D eigenvalue weighted by atomic mass is 10.0. The zero-order valence-corrected chi connectivity index (χ0v) is 21.3. The molecule has 2 aromatic carbocycles. The molecule has 0 aliphatic carbocycles. The molecule has 1 fully saturated rings. The summed E-state index contributed by atoms with van der Waals surface area (Å²) in [5.74, 6) is 2.36. The monoisotopic (exact) mass is 503 g/mol. The predicted molar refractivity (Wildman–Crippen MR) is 144 cm³/mol. The van der Waals surface area contributed by atoms with Crippen molar-refractivity contribution in [2.24, 2.45) is 0 Å². The highest BCUT2D eigenvalue weighted by molar-refractivity contribution is 7.80. The Hall–Kier alpha value is -3.35. The minimum atomic E-state index is -0.234. The number of benzene rings is 2. The third-order valence-corrected chi connectivity index (χ3v) is 6.76. The number of hydrogen-bond donors (Lipinski definition) is 1. The van der Waals surface area contributed by atoms with E-state index in [0.717, 1.165) is 39.8 Å². The van der Waals surface area contributed by atoms with Gasteiger partial charge in [-0.3, -0.25) is 4.98 Å². The number of pyridine rings is 1. The minimum Gasteiger partial charge on any atom is -0.491 e. The van der Waals surface area contributed by atoms with Gasteiger partial charge in [-0.2, -0.15) is 0 Å². The molecule has 0 radical (unpaired) electrons. The summed E-state index contributed by atoms with van der Waals surface area (Å²) in [7, 11) is 0. The maximum absolute atomic E-state index is 6.47. The van der Waals surface area contributed by atoms with E-state index in [0.29, 0.717) is 10.1 Å². The van der Waals surface area contributed by atoms with Crippen molar-refractivity contribution in [2.75, 3.05) is 4.90 Å². The first kappa shape index (κ1) is 23.4. The van der Waals surface area contributed by atoms with Crippen molar-refractivity contribution in [2.45, 2.75) is 39.0 Å². The number of aromatic nitrogens is 1. The number of hydrogen-bond acceptors (Lipinski definition) is 4. The molecule has 0 bridgehead atoms. The highest BCUT2D eigenvalue weighted by Gasteiger charge is 2.42. The second-order valence-corrected chi connectivity index (χ2v) is 9.57. The SMILES string of the molecule is Cc1c(Cl)cccc1-c1ccc([C@@H]2[C@@H](c3ccccn3)NC(=S)N2c2ccc(OC(C)C)cc2)o1. The van der Waals surface area contributed by atoms with E-state index in [1.807, 2.05) is 93.6 Å². The van der Waals surface area contributed by atoms with Crippen LogP contribution in [0.25, 0.3) is 11.3 Å². The Kier molecular flexibility index (Phi) is 6.50. The molecule has 2 aromatic heterocycles. The lowest BCUT2D eigenvalue weighted by Crippen LogP contribution is -2.29. The van der Waals surface area contributed by atoms with Crippen LogP contribution in [-0.4, -0.2) is 16.2 Å². The van der Waals surface area contributed by atoms with Gasteiger partial charge < -0.3 is 19.4 Å². The van der Waals surface area contributed by atoms with E-state index in [2.05, 4.69) is 15.2 Å². The number of furan rings is 1. The first-order chi connectivity index (χ1) is 16.9. The van der Waals surface area contributed by atoms with Gasteiger partial charge in [-0.15, -0.1) is 0 Å². The molecule has 1 aliphatic rings. The maximum Gasteiger partial charge on any atom is 0.174 e. The first-order valence-corrected chi connectivity index (χ1v) is 12.3. The number of halogens is 1. The van der Waals surface area contributed by atoms with Crippen LogP contribution in [0, 0.1) is 6.92 Å². The summed E-state index contributed by atoms with van der Waals surface area (Å²) in [5.41, 5.74) is 3.78. The molecule has 0 unspecified atom stereocenters. The van der Waals surface area contributed by atoms with Crippen LogP contribution in [0.15, 0.2) is 83.4 Å². The van der Waals surface area contributed by atoms with Gasteiger partial charge in [-0.25, -0.2) is 0 Å². The molecule has 7 heteroatoms. The molecule has 0 amide bonds. The largest absolute Gasteiger partial charge is 0.491 e. The van der Waals surface area contributed by atoms with Crippen LogP contribution in [0.1, 0.15) is 42.9 Å². The Morgan fingerprint density at radius 3 is 2.54 bits per heavy atom. The van der Waals surface area contributed by atoms with E-state index in [-0.39, 0.29) is 18.2 Å². The van der Waals surface area contributed by atoms with Crippen molar-refractivity contribution in [3.05, 3.63) is 101 Å². The topological polar surface area (TPSA) is 50.5 Å². The van der Waals surface area contributed by atoms with Gasteiger partial charge in [0.15, 0.2) is 5.11 Å². The Bertz CT molecular complexity index is 1340. The summed E-state index contributed by atoms with van der Waals surface area (Å²) in [6, 6.07) is 23.3. The molecule has 4 aromatic rings. The summed E-state index contributed by atoms with van der Waals surface area (Å²) in [6.45, 7) is 6.02. The number of nitrogens with one attached hydrogen (secondary N) is 1. The van der Waals surface area contributed by atoms with Gasteiger partial charge in [-0.1, -0.05) is 29.8 Å². The molecule has 0 spiro atoms. The molecule has 5 rings (SSSR count). The van der Waals surface area contributed by atoms with Gasteiger partial charge in [0.05, 0.1) is 17.8 Å². The first-order valence-electron chi connectivity index (χ1n) is 11.5. The van der Waals surface area contributed by atoms with Crippen molar-refractivity contribution in [1.29, 1.82) is 0 Å². The standard InChI is InChI=1S/C28H26ClN3O2S/c1-17(2)33-20-12-10-19(11-13-20)32-27(26(31-28(32)35)23-9-4-5-16-30-23)25-15-14-24(34-25)21-7-6-8-22(29)18(21)3/h4-17,26-27H,1-3H3,(H,31,35)/t26-,27-/m1/s1. The second-order valence-electron chi connectivity index (χ2n) is 8.77. The van der Waals surface area contributed by atoms with Gasteiger partial charge in [-0.05, 0) is 93.1 Å². The van der Waals surface area contributed by atoms with E-state index >= 15 is 0 Å². The number of rotatable bonds is 6. The van der Waals surface area contributed by atoms with Crippen LogP contribution in [0.4, 0.5) is 5.69 Å². The molecule has 3 heterocycles. The van der Waals surface area contributed by atoms with Crippen LogP contribution in [0.5, 0.6) is 5.75 Å². The molecule has 1 N–H and O–H groups in total. The van der Waals surface area contributed by atoms with Gasteiger partial charge in [0, 0.05) is 22.5 Å². The lowest BCUT2D eigenvalue weighted by Gasteiger charge is -2.26. The van der Waals surface area contributed by atoms with E-state index in [1.54, 1.807) is 6.20 Å². The fourth-order valence-electron chi connectivity index (χ4n) is 4.41. The molecule has 35 heavy (non-hydrogen) atoms. The summed E-state index contributed by atoms with van der Waals surface area (Å²) < 4.78 is 12.3. The van der Waals surface area contributed by atoms with Crippen molar-refractivity contribution < 1.29 is 9.15 Å². The molecular weight excluding hydrogens is 478 g/mol. The van der Waals surface area contributed by atoms with E-state index in [1.165, 1.54) is 0 Å². The Balaban J connectivity index is 1.56. The zero-order chi connectivity index (χ0) is 24.5. The van der Waals surface area contributed by atoms with Crippen LogP contribution in [-0.2, 0) is 0 Å². The van der Waals surface area contributed by atoms with Crippen LogP contribution in [0.2, 0.25) is 5.02 Å². The van der Waals surface area contributed by atoms with Gasteiger partial charge >= 0.3 is 0 Å². The van der Waals surface area contributed by atoms with Gasteiger partial charge in [0.2, 0.25) is 0 Å². The Morgan fingerprint density at radius 2 is 1.83 bits per heavy atom. The average molecular weight is 504 g/mol. The quantitative estimate of drug-likeness (QED) is 0.279. The Morgan fingerprint density at radius 1 is 1.03 bits per heavy atom. The summed E-state index contributed by atoms with van der Waals surface area (Å²) in [6.07, 6.45) is 1.90. The number of nitrogens with zero attached hydrogens (tertiary/aromatic N) is 2. The molecular formula is C28H26ClN3O2S. The van der Waals surface area contributed by atoms with E-state index in [4.69, 9.17) is 33.0 Å². The van der Waals surface area contributed by atoms with Crippen molar-refractivity contribution in [3.63, 3.8) is 0 Å². The summed E-state index contributed by atoms with van der Waals surface area (Å²) in [4.78, 5) is 6.69. The fraction of sp³-hybridized carbons (Fsp3) is 0.214. The van der Waals surface area contributed by atoms with Crippen LogP contribution < -0.4 is 15.0 Å². The summed E-state index contributed by atoms with van der Waals surface area (Å²) >= 11 is 12.2. The lowest BCUT2D eigenvalue weighted by molar-refractivity contribution is 0.242. The molecule has 178 valence electrons. The molecule has 2 atom stereocenters. The third-order valence-electron chi connectivity index (χ3n) is 6.04. The van der Waals surface area contributed by atoms with Gasteiger partial charge in [0.25, 0.3) is 0 Å². The third kappa shape index (κ3) is 4.64. The van der Waals surface area contributed by atoms with E-state index in [9.17, 15) is 0 Å². The molecule has 0 saturated carbocycles. The van der Waals surface area contributed by atoms with Gasteiger partial charge in [0.1, 0.15) is 23.3 Å². The Labute approximate surface area is 215 Å². The smallest absolute Gasteiger partial charge is 0.174 e. The minimum absolute atomic E-state index is 0.105. The fourth-order valence-corrected chi connectivity index (χ4v) is 4.93. The normalized spacial score (nSPS) is 17.6. The van der Waals surface area contributed by atoms with E-state index < -0.39 is 0 Å². The number of thiocarbonyl (C=S) groups is 1. The van der Waals surface area contributed by atoms with Crippen LogP contribution in [0.3, 0.4) is 0 Å². The molecule has 1 aliphatic heterocycles. The molecule has 5 nitrogen and oxygen atoms in total. The predicted octanol–water partition coefficient (Wildman–Crippen LogP) is 7.27. The van der Waals surface area contributed by atoms with Crippen molar-refractivity contribution >= 4 is 34.6 Å². The number of ether oxygens (including phenoxy) is 1. The average Bonchev–Trinajstić information content (AvgIpc) is 3.46. The number of anilines is 1. The summed E-state index contributed by atoms with van der Waals surface area (Å²) in [5, 5.41) is 4.79. The maximum atomic E-state index is 6.47. The highest BCUT2D eigenvalue weighted by Crippen LogP contribution is 2.43. The zero-order valence-electron chi connectivity index (χ0n) is 19.7. The highest BCUT2D eigenvalue weighted by atomic mass is 35.5. The van der Waals surface area contributed by atoms with Crippen molar-refractivity contribution in [1.82, 2.24) is 10.3 Å². The second kappa shape index (κ2) is 9.72.